The minimum atomic E-state index is -0.843. The molecule has 0 radical (unpaired) electrons. The molecule has 1 aromatic heterocycles. The first-order valence-electron chi connectivity index (χ1n) is 11.7. The van der Waals surface area contributed by atoms with Gasteiger partial charge in [-0.15, -0.1) is 0 Å². The van der Waals surface area contributed by atoms with Gasteiger partial charge >= 0.3 is 5.97 Å². The third-order valence-corrected chi connectivity index (χ3v) is 6.91. The molecule has 2 heterocycles. The van der Waals surface area contributed by atoms with Gasteiger partial charge in [0.1, 0.15) is 0 Å². The summed E-state index contributed by atoms with van der Waals surface area (Å²) in [4.78, 5) is 38.5. The van der Waals surface area contributed by atoms with Crippen molar-refractivity contribution in [1.29, 1.82) is 0 Å². The summed E-state index contributed by atoms with van der Waals surface area (Å²) in [5, 5.41) is 10.6. The number of carbonyl (C=O) groups is 2. The number of fused-ring (bicyclic) bond motifs is 1. The number of aromatic nitrogens is 2. The number of carbonyl (C=O) groups excluding carboxylic acids is 1. The number of benzene rings is 2. The average Bonchev–Trinajstić information content (AvgIpc) is 2.88. The summed E-state index contributed by atoms with van der Waals surface area (Å²) in [6.45, 7) is 2.36. The van der Waals surface area contributed by atoms with Crippen molar-refractivity contribution in [3.05, 3.63) is 54.6 Å². The fraction of sp³-hybridized carbons (Fsp3) is 0.385. The fourth-order valence-corrected chi connectivity index (χ4v) is 5.11. The number of hydrogen-bond acceptors (Lipinski definition) is 5. The van der Waals surface area contributed by atoms with Crippen molar-refractivity contribution in [2.75, 3.05) is 31.1 Å². The Morgan fingerprint density at radius 1 is 0.818 bits per heavy atom. The number of para-hydroxylation sites is 1. The number of carboxylic acids is 1. The molecule has 3 aromatic rings. The first-order chi connectivity index (χ1) is 16.1. The van der Waals surface area contributed by atoms with Gasteiger partial charge in [0.15, 0.2) is 0 Å². The van der Waals surface area contributed by atoms with Gasteiger partial charge in [-0.25, -0.2) is 9.97 Å². The molecule has 1 saturated carbocycles. The van der Waals surface area contributed by atoms with E-state index in [9.17, 15) is 14.7 Å². The molecule has 1 saturated heterocycles. The largest absolute Gasteiger partial charge is 0.481 e. The molecule has 2 aliphatic rings. The number of aliphatic carboxylic acids is 1. The van der Waals surface area contributed by atoms with Gasteiger partial charge in [0, 0.05) is 37.1 Å². The minimum absolute atomic E-state index is 0.00819. The summed E-state index contributed by atoms with van der Waals surface area (Å²) < 4.78 is 0. The van der Waals surface area contributed by atoms with Gasteiger partial charge in [-0.2, -0.15) is 0 Å². The van der Waals surface area contributed by atoms with Gasteiger partial charge < -0.3 is 14.9 Å². The third-order valence-electron chi connectivity index (χ3n) is 6.91. The number of carboxylic acid groups (broad SMARTS) is 1. The van der Waals surface area contributed by atoms with Gasteiger partial charge in [-0.05, 0) is 18.9 Å². The third kappa shape index (κ3) is 4.27. The summed E-state index contributed by atoms with van der Waals surface area (Å²) in [6.07, 6.45) is 3.08. The number of piperazine rings is 1. The quantitative estimate of drug-likeness (QED) is 0.658. The lowest BCUT2D eigenvalue weighted by atomic mass is 9.78. The first kappa shape index (κ1) is 21.4. The Morgan fingerprint density at radius 3 is 2.21 bits per heavy atom. The standard InChI is InChI=1S/C26H28N4O3/c31-24(19-10-4-5-11-20(19)25(32)33)29-14-16-30(17-15-29)26-27-22-13-7-6-12-21(22)23(28-26)18-8-2-1-3-9-18/h1-3,6-9,12-13,19-20H,4-5,10-11,14-17H2,(H,32,33)/t19-,20+/m0/s1. The zero-order valence-electron chi connectivity index (χ0n) is 18.6. The van der Waals surface area contributed by atoms with Gasteiger partial charge in [-0.3, -0.25) is 9.59 Å². The second-order valence-electron chi connectivity index (χ2n) is 8.90. The predicted octanol–water partition coefficient (Wildman–Crippen LogP) is 3.84. The van der Waals surface area contributed by atoms with Crippen LogP contribution >= 0.6 is 0 Å². The van der Waals surface area contributed by atoms with E-state index in [1.54, 1.807) is 0 Å². The van der Waals surface area contributed by atoms with Crippen LogP contribution in [-0.2, 0) is 9.59 Å². The lowest BCUT2D eigenvalue weighted by Crippen LogP contribution is -2.52. The predicted molar refractivity (Wildman–Crippen MR) is 127 cm³/mol. The second kappa shape index (κ2) is 9.17. The highest BCUT2D eigenvalue weighted by Crippen LogP contribution is 2.33. The highest BCUT2D eigenvalue weighted by Gasteiger charge is 2.38. The summed E-state index contributed by atoms with van der Waals surface area (Å²) >= 11 is 0. The van der Waals surface area contributed by atoms with E-state index in [1.807, 2.05) is 47.4 Å². The summed E-state index contributed by atoms with van der Waals surface area (Å²) in [7, 11) is 0. The molecule has 7 nitrogen and oxygen atoms in total. The molecule has 170 valence electrons. The van der Waals surface area contributed by atoms with Gasteiger partial charge in [0.25, 0.3) is 0 Å². The van der Waals surface area contributed by atoms with E-state index in [-0.39, 0.29) is 5.91 Å². The lowest BCUT2D eigenvalue weighted by Gasteiger charge is -2.38. The Bertz CT molecular complexity index is 1160. The Kier molecular flexibility index (Phi) is 5.94. The van der Waals surface area contributed by atoms with Crippen molar-refractivity contribution in [1.82, 2.24) is 14.9 Å². The van der Waals surface area contributed by atoms with Crippen molar-refractivity contribution >= 4 is 28.7 Å². The van der Waals surface area contributed by atoms with E-state index in [1.165, 1.54) is 0 Å². The van der Waals surface area contributed by atoms with Crippen LogP contribution in [0.25, 0.3) is 22.2 Å². The van der Waals surface area contributed by atoms with Crippen molar-refractivity contribution in [2.24, 2.45) is 11.8 Å². The van der Waals surface area contributed by atoms with Gasteiger partial charge in [0.2, 0.25) is 11.9 Å². The molecule has 1 aliphatic heterocycles. The van der Waals surface area contributed by atoms with Crippen LogP contribution in [0.4, 0.5) is 5.95 Å². The molecule has 2 fully saturated rings. The summed E-state index contributed by atoms with van der Waals surface area (Å²) in [5.74, 6) is -1.14. The van der Waals surface area contributed by atoms with E-state index in [0.717, 1.165) is 35.0 Å². The molecule has 2 atom stereocenters. The van der Waals surface area contributed by atoms with Gasteiger partial charge in [-0.1, -0.05) is 61.4 Å². The topological polar surface area (TPSA) is 86.6 Å². The number of rotatable bonds is 4. The van der Waals surface area contributed by atoms with Crippen LogP contribution in [0, 0.1) is 11.8 Å². The minimum Gasteiger partial charge on any atom is -0.481 e. The maximum atomic E-state index is 13.1. The summed E-state index contributed by atoms with van der Waals surface area (Å²) in [5.41, 5.74) is 2.84. The lowest BCUT2D eigenvalue weighted by molar-refractivity contribution is -0.152. The molecule has 33 heavy (non-hydrogen) atoms. The maximum absolute atomic E-state index is 13.1. The summed E-state index contributed by atoms with van der Waals surface area (Å²) in [6, 6.07) is 18.1. The van der Waals surface area contributed by atoms with Crippen molar-refractivity contribution < 1.29 is 14.7 Å². The number of hydrogen-bond donors (Lipinski definition) is 1. The average molecular weight is 445 g/mol. The molecule has 0 bridgehead atoms. The SMILES string of the molecule is O=C(O)[C@@H]1CCCC[C@@H]1C(=O)N1CCN(c2nc(-c3ccccc3)c3ccccc3n2)CC1. The Hall–Kier alpha value is -3.48. The second-order valence-corrected chi connectivity index (χ2v) is 8.90. The number of anilines is 1. The van der Waals surface area contributed by atoms with E-state index >= 15 is 0 Å². The van der Waals surface area contributed by atoms with Crippen LogP contribution in [0.1, 0.15) is 25.7 Å². The van der Waals surface area contributed by atoms with Crippen LogP contribution in [0.2, 0.25) is 0 Å². The van der Waals surface area contributed by atoms with Gasteiger partial charge in [0.05, 0.1) is 23.0 Å². The Labute approximate surface area is 193 Å². The normalized spacial score (nSPS) is 21.2. The molecular weight excluding hydrogens is 416 g/mol. The molecular formula is C26H28N4O3. The molecule has 2 aromatic carbocycles. The molecule has 0 spiro atoms. The fourth-order valence-electron chi connectivity index (χ4n) is 5.11. The molecule has 1 aliphatic carbocycles. The van der Waals surface area contributed by atoms with E-state index in [4.69, 9.17) is 9.97 Å². The maximum Gasteiger partial charge on any atom is 0.307 e. The first-order valence-corrected chi connectivity index (χ1v) is 11.7. The highest BCUT2D eigenvalue weighted by molar-refractivity contribution is 5.93. The van der Waals surface area contributed by atoms with Crippen LogP contribution in [0.15, 0.2) is 54.6 Å². The van der Waals surface area contributed by atoms with E-state index < -0.39 is 17.8 Å². The number of nitrogens with zero attached hydrogens (tertiary/aromatic N) is 4. The smallest absolute Gasteiger partial charge is 0.307 e. The zero-order chi connectivity index (χ0) is 22.8. The Balaban J connectivity index is 1.36. The van der Waals surface area contributed by atoms with Crippen molar-refractivity contribution in [2.45, 2.75) is 25.7 Å². The van der Waals surface area contributed by atoms with Crippen LogP contribution < -0.4 is 4.90 Å². The Morgan fingerprint density at radius 2 is 1.48 bits per heavy atom. The van der Waals surface area contributed by atoms with Crippen molar-refractivity contribution in [3.8, 4) is 11.3 Å². The molecule has 7 heteroatoms. The molecule has 5 rings (SSSR count). The van der Waals surface area contributed by atoms with E-state index in [0.29, 0.717) is 45.0 Å². The molecule has 1 amide bonds. The number of amides is 1. The van der Waals surface area contributed by atoms with Crippen LogP contribution in [0.5, 0.6) is 0 Å². The van der Waals surface area contributed by atoms with Crippen LogP contribution in [0.3, 0.4) is 0 Å². The molecule has 1 N–H and O–H groups in total. The zero-order valence-corrected chi connectivity index (χ0v) is 18.6. The highest BCUT2D eigenvalue weighted by atomic mass is 16.4. The van der Waals surface area contributed by atoms with Crippen molar-refractivity contribution in [3.63, 3.8) is 0 Å². The van der Waals surface area contributed by atoms with Crippen LogP contribution in [-0.4, -0.2) is 58.0 Å². The molecule has 0 unspecified atom stereocenters. The van der Waals surface area contributed by atoms with E-state index in [2.05, 4.69) is 17.0 Å². The monoisotopic (exact) mass is 444 g/mol.